The molecule has 0 unspecified atom stereocenters. The molecular weight excluding hydrogens is 439 g/mol. The fourth-order valence-corrected chi connectivity index (χ4v) is 4.72. The number of aryl methyl sites for hydroxylation is 1. The van der Waals surface area contributed by atoms with E-state index in [1.807, 2.05) is 12.3 Å². The second-order valence-electron chi connectivity index (χ2n) is 6.55. The molecule has 1 aromatic carbocycles. The summed E-state index contributed by atoms with van der Waals surface area (Å²) in [6.45, 7) is 5.92. The number of nitrogens with zero attached hydrogens (tertiary/aromatic N) is 3. The van der Waals surface area contributed by atoms with Crippen LogP contribution in [0.3, 0.4) is 0 Å². The summed E-state index contributed by atoms with van der Waals surface area (Å²) in [5.74, 6) is -0.583. The highest BCUT2D eigenvalue weighted by Gasteiger charge is 2.17. The predicted octanol–water partition coefficient (Wildman–Crippen LogP) is 4.62. The molecule has 4 rings (SSSR count). The quantitative estimate of drug-likeness (QED) is 0.248. The number of carbonyl (C=O) groups is 1. The van der Waals surface area contributed by atoms with Gasteiger partial charge in [0.25, 0.3) is 11.5 Å². The van der Waals surface area contributed by atoms with Crippen LogP contribution < -0.4 is 10.9 Å². The Balaban J connectivity index is 1.52. The second kappa shape index (κ2) is 8.86. The SMILES string of the molecule is C=CCn1c(SCc2nc(C(=O)Nc3ccccc3F)co2)nc2scc(C)c2c1=O. The number of thiophene rings is 1. The van der Waals surface area contributed by atoms with Gasteiger partial charge >= 0.3 is 0 Å². The van der Waals surface area contributed by atoms with Crippen LogP contribution in [0.4, 0.5) is 10.1 Å². The molecule has 31 heavy (non-hydrogen) atoms. The number of benzene rings is 1. The Morgan fingerprint density at radius 1 is 1.39 bits per heavy atom. The van der Waals surface area contributed by atoms with Crippen molar-refractivity contribution < 1.29 is 13.6 Å². The van der Waals surface area contributed by atoms with Crippen LogP contribution in [0, 0.1) is 12.7 Å². The molecule has 0 spiro atoms. The zero-order chi connectivity index (χ0) is 22.0. The predicted molar refractivity (Wildman–Crippen MR) is 119 cm³/mol. The zero-order valence-corrected chi connectivity index (χ0v) is 18.1. The van der Waals surface area contributed by atoms with Crippen molar-refractivity contribution in [2.24, 2.45) is 0 Å². The smallest absolute Gasteiger partial charge is 0.277 e. The Bertz CT molecular complexity index is 1340. The van der Waals surface area contributed by atoms with E-state index in [-0.39, 0.29) is 28.6 Å². The minimum absolute atomic E-state index is 0.0274. The van der Waals surface area contributed by atoms with Crippen molar-refractivity contribution >= 4 is 44.9 Å². The normalized spacial score (nSPS) is 11.0. The maximum atomic E-state index is 13.7. The van der Waals surface area contributed by atoms with Crippen LogP contribution in [0.25, 0.3) is 10.2 Å². The van der Waals surface area contributed by atoms with Crippen molar-refractivity contribution in [2.75, 3.05) is 5.32 Å². The Hall–Kier alpha value is -3.24. The lowest BCUT2D eigenvalue weighted by atomic mass is 10.3. The first kappa shape index (κ1) is 21.0. The number of hydrogen-bond acceptors (Lipinski definition) is 7. The van der Waals surface area contributed by atoms with E-state index >= 15 is 0 Å². The van der Waals surface area contributed by atoms with E-state index in [0.29, 0.717) is 21.9 Å². The first-order valence-electron chi connectivity index (χ1n) is 9.20. The van der Waals surface area contributed by atoms with Gasteiger partial charge in [0.1, 0.15) is 16.9 Å². The van der Waals surface area contributed by atoms with Crippen LogP contribution in [0.15, 0.2) is 62.9 Å². The third-order valence-corrected chi connectivity index (χ3v) is 6.34. The third kappa shape index (κ3) is 4.30. The van der Waals surface area contributed by atoms with Crippen molar-refractivity contribution in [1.82, 2.24) is 14.5 Å². The largest absolute Gasteiger partial charge is 0.447 e. The lowest BCUT2D eigenvalue weighted by Gasteiger charge is -2.09. The van der Waals surface area contributed by atoms with Gasteiger partial charge in [0.15, 0.2) is 10.9 Å². The first-order chi connectivity index (χ1) is 15.0. The van der Waals surface area contributed by atoms with Crippen LogP contribution in [0.5, 0.6) is 0 Å². The van der Waals surface area contributed by atoms with Gasteiger partial charge in [0, 0.05) is 6.54 Å². The van der Waals surface area contributed by atoms with Gasteiger partial charge in [0.2, 0.25) is 5.89 Å². The maximum Gasteiger partial charge on any atom is 0.277 e. The Labute approximate surface area is 184 Å². The Kier molecular flexibility index (Phi) is 6.01. The number of anilines is 1. The van der Waals surface area contributed by atoms with Crippen LogP contribution >= 0.6 is 23.1 Å². The molecule has 10 heteroatoms. The molecule has 0 aliphatic rings. The van der Waals surface area contributed by atoms with E-state index in [0.717, 1.165) is 5.56 Å². The Morgan fingerprint density at radius 2 is 2.19 bits per heavy atom. The second-order valence-corrected chi connectivity index (χ2v) is 8.35. The lowest BCUT2D eigenvalue weighted by molar-refractivity contribution is 0.102. The van der Waals surface area contributed by atoms with Crippen molar-refractivity contribution in [3.05, 3.63) is 81.9 Å². The molecular formula is C21H17FN4O3S2. The topological polar surface area (TPSA) is 90.0 Å². The fourth-order valence-electron chi connectivity index (χ4n) is 2.90. The standard InChI is InChI=1S/C21H17FN4O3S2/c1-3-8-26-20(28)17-12(2)10-30-19(17)25-21(26)31-11-16-23-15(9-29-16)18(27)24-14-7-5-4-6-13(14)22/h3-7,9-10H,1,8,11H2,2H3,(H,24,27). The average Bonchev–Trinajstić information content (AvgIpc) is 3.37. The molecule has 1 N–H and O–H groups in total. The summed E-state index contributed by atoms with van der Waals surface area (Å²) in [5, 5.41) is 5.48. The summed E-state index contributed by atoms with van der Waals surface area (Å²) in [6, 6.07) is 5.86. The summed E-state index contributed by atoms with van der Waals surface area (Å²) in [7, 11) is 0. The maximum absolute atomic E-state index is 13.7. The first-order valence-corrected chi connectivity index (χ1v) is 11.1. The van der Waals surface area contributed by atoms with E-state index in [1.54, 1.807) is 16.7 Å². The molecule has 0 fully saturated rings. The van der Waals surface area contributed by atoms with Gasteiger partial charge in [-0.05, 0) is 30.0 Å². The van der Waals surface area contributed by atoms with Gasteiger partial charge in [-0.15, -0.1) is 17.9 Å². The number of hydrogen-bond donors (Lipinski definition) is 1. The molecule has 0 saturated heterocycles. The van der Waals surface area contributed by atoms with E-state index in [2.05, 4.69) is 21.9 Å². The molecule has 0 aliphatic heterocycles. The van der Waals surface area contributed by atoms with Crippen molar-refractivity contribution in [3.8, 4) is 0 Å². The van der Waals surface area contributed by atoms with Crippen LogP contribution in [0.2, 0.25) is 0 Å². The number of oxazole rings is 1. The highest BCUT2D eigenvalue weighted by molar-refractivity contribution is 7.98. The van der Waals surface area contributed by atoms with Gasteiger partial charge < -0.3 is 9.73 Å². The number of allylic oxidation sites excluding steroid dienone is 1. The van der Waals surface area contributed by atoms with E-state index in [9.17, 15) is 14.0 Å². The molecule has 0 aliphatic carbocycles. The molecule has 4 aromatic rings. The molecule has 7 nitrogen and oxygen atoms in total. The van der Waals surface area contributed by atoms with Crippen LogP contribution in [-0.2, 0) is 12.3 Å². The van der Waals surface area contributed by atoms with E-state index < -0.39 is 11.7 Å². The molecule has 0 atom stereocenters. The summed E-state index contributed by atoms with van der Waals surface area (Å²) < 4.78 is 20.7. The fraction of sp³-hybridized carbons (Fsp3) is 0.143. The van der Waals surface area contributed by atoms with Crippen LogP contribution in [0.1, 0.15) is 21.9 Å². The highest BCUT2D eigenvalue weighted by Crippen LogP contribution is 2.26. The number of thioether (sulfide) groups is 1. The summed E-state index contributed by atoms with van der Waals surface area (Å²) in [6.07, 6.45) is 2.85. The number of carbonyl (C=O) groups excluding carboxylic acids is 1. The molecule has 3 heterocycles. The number of amides is 1. The molecule has 0 bridgehead atoms. The van der Waals surface area contributed by atoms with E-state index in [1.165, 1.54) is 47.6 Å². The molecule has 3 aromatic heterocycles. The summed E-state index contributed by atoms with van der Waals surface area (Å²) in [4.78, 5) is 34.6. The number of halogens is 1. The van der Waals surface area contributed by atoms with Crippen LogP contribution in [-0.4, -0.2) is 20.4 Å². The van der Waals surface area contributed by atoms with Crippen molar-refractivity contribution in [3.63, 3.8) is 0 Å². The van der Waals surface area contributed by atoms with Gasteiger partial charge in [-0.3, -0.25) is 14.2 Å². The molecule has 0 radical (unpaired) electrons. The zero-order valence-electron chi connectivity index (χ0n) is 16.4. The summed E-state index contributed by atoms with van der Waals surface area (Å²) in [5.41, 5.74) is 0.858. The van der Waals surface area contributed by atoms with Gasteiger partial charge in [-0.1, -0.05) is 30.0 Å². The van der Waals surface area contributed by atoms with Gasteiger partial charge in [0.05, 0.1) is 16.8 Å². The number of nitrogens with one attached hydrogen (secondary N) is 1. The van der Waals surface area contributed by atoms with Gasteiger partial charge in [-0.2, -0.15) is 0 Å². The molecule has 0 saturated carbocycles. The molecule has 1 amide bonds. The summed E-state index contributed by atoms with van der Waals surface area (Å²) >= 11 is 2.69. The van der Waals surface area contributed by atoms with E-state index in [4.69, 9.17) is 4.42 Å². The number of rotatable bonds is 7. The average molecular weight is 457 g/mol. The minimum atomic E-state index is -0.581. The van der Waals surface area contributed by atoms with Crippen molar-refractivity contribution in [2.45, 2.75) is 24.4 Å². The highest BCUT2D eigenvalue weighted by atomic mass is 32.2. The number of fused-ring (bicyclic) bond motifs is 1. The van der Waals surface area contributed by atoms with Gasteiger partial charge in [-0.25, -0.2) is 14.4 Å². The third-order valence-electron chi connectivity index (χ3n) is 4.39. The lowest BCUT2D eigenvalue weighted by Crippen LogP contribution is -2.22. The number of para-hydroxylation sites is 1. The molecule has 158 valence electrons. The monoisotopic (exact) mass is 456 g/mol. The number of aromatic nitrogens is 3. The minimum Gasteiger partial charge on any atom is -0.447 e. The van der Waals surface area contributed by atoms with Crippen molar-refractivity contribution in [1.29, 1.82) is 0 Å². The Morgan fingerprint density at radius 3 is 2.97 bits per heavy atom.